The van der Waals surface area contributed by atoms with Gasteiger partial charge >= 0.3 is 0 Å². The number of carbonyl (C=O) groups is 1. The van der Waals surface area contributed by atoms with Gasteiger partial charge in [-0.25, -0.2) is 0 Å². The molecule has 0 aliphatic carbocycles. The Kier molecular flexibility index (Phi) is 7.88. The van der Waals surface area contributed by atoms with Crippen molar-refractivity contribution in [1.82, 2.24) is 4.90 Å². The van der Waals surface area contributed by atoms with Crippen molar-refractivity contribution < 1.29 is 4.79 Å². The standard InChI is InChI=1S/C15H21ClN2OS.ClH/c1-11(17)12-5-4-8-18(9-12)15(19)10-20-14-7-3-2-6-13(14)16;/h2-3,6-7,11-12H,4-5,8-10,17H2,1H3;1H. The molecule has 2 N–H and O–H groups in total. The first-order chi connectivity index (χ1) is 9.58. The summed E-state index contributed by atoms with van der Waals surface area (Å²) < 4.78 is 0. The van der Waals surface area contributed by atoms with Crippen molar-refractivity contribution in [1.29, 1.82) is 0 Å². The van der Waals surface area contributed by atoms with E-state index < -0.39 is 0 Å². The minimum atomic E-state index is 0. The fourth-order valence-electron chi connectivity index (χ4n) is 2.46. The van der Waals surface area contributed by atoms with Gasteiger partial charge in [0.25, 0.3) is 0 Å². The molecule has 2 unspecified atom stereocenters. The Hall–Kier alpha value is -0.420. The van der Waals surface area contributed by atoms with E-state index in [1.165, 1.54) is 11.8 Å². The van der Waals surface area contributed by atoms with Gasteiger partial charge in [-0.15, -0.1) is 24.2 Å². The number of carbonyl (C=O) groups excluding carboxylic acids is 1. The van der Waals surface area contributed by atoms with Crippen LogP contribution in [0.15, 0.2) is 29.2 Å². The monoisotopic (exact) mass is 348 g/mol. The number of hydrogen-bond acceptors (Lipinski definition) is 3. The van der Waals surface area contributed by atoms with Crippen LogP contribution in [-0.4, -0.2) is 35.7 Å². The summed E-state index contributed by atoms with van der Waals surface area (Å²) >= 11 is 7.60. The number of piperidine rings is 1. The molecule has 0 spiro atoms. The van der Waals surface area contributed by atoms with Gasteiger partial charge in [0.2, 0.25) is 5.91 Å². The van der Waals surface area contributed by atoms with Crippen LogP contribution in [0.3, 0.4) is 0 Å². The number of thioether (sulfide) groups is 1. The highest BCUT2D eigenvalue weighted by atomic mass is 35.5. The molecule has 1 fully saturated rings. The summed E-state index contributed by atoms with van der Waals surface area (Å²) in [7, 11) is 0. The summed E-state index contributed by atoms with van der Waals surface area (Å²) in [5, 5.41) is 0.706. The van der Waals surface area contributed by atoms with Crippen LogP contribution in [0.5, 0.6) is 0 Å². The lowest BCUT2D eigenvalue weighted by molar-refractivity contribution is -0.130. The number of likely N-dealkylation sites (tertiary alicyclic amines) is 1. The third kappa shape index (κ3) is 5.37. The van der Waals surface area contributed by atoms with Crippen LogP contribution in [0.2, 0.25) is 5.02 Å². The number of nitrogens with two attached hydrogens (primary N) is 1. The summed E-state index contributed by atoms with van der Waals surface area (Å²) in [6.45, 7) is 3.67. The van der Waals surface area contributed by atoms with E-state index >= 15 is 0 Å². The summed E-state index contributed by atoms with van der Waals surface area (Å²) in [5.74, 6) is 1.05. The van der Waals surface area contributed by atoms with Gasteiger partial charge in [0.1, 0.15) is 0 Å². The second-order valence-electron chi connectivity index (χ2n) is 5.32. The molecule has 1 amide bonds. The molecule has 1 saturated heterocycles. The fourth-order valence-corrected chi connectivity index (χ4v) is 3.60. The average molecular weight is 349 g/mol. The number of benzene rings is 1. The lowest BCUT2D eigenvalue weighted by Gasteiger charge is -2.34. The van der Waals surface area contributed by atoms with Crippen LogP contribution < -0.4 is 5.73 Å². The van der Waals surface area contributed by atoms with Gasteiger partial charge in [-0.2, -0.15) is 0 Å². The van der Waals surface area contributed by atoms with Gasteiger partial charge in [0.05, 0.1) is 10.8 Å². The molecule has 1 aliphatic rings. The molecule has 0 radical (unpaired) electrons. The van der Waals surface area contributed by atoms with Gasteiger partial charge in [0.15, 0.2) is 0 Å². The first-order valence-corrected chi connectivity index (χ1v) is 8.35. The first kappa shape index (κ1) is 18.6. The Morgan fingerprint density at radius 3 is 2.90 bits per heavy atom. The highest BCUT2D eigenvalue weighted by molar-refractivity contribution is 8.00. The summed E-state index contributed by atoms with van der Waals surface area (Å²) in [6.07, 6.45) is 2.17. The molecule has 0 aromatic heterocycles. The summed E-state index contributed by atoms with van der Waals surface area (Å²) in [6, 6.07) is 7.78. The van der Waals surface area contributed by atoms with E-state index in [1.807, 2.05) is 36.1 Å². The molecule has 21 heavy (non-hydrogen) atoms. The van der Waals surface area contributed by atoms with E-state index in [-0.39, 0.29) is 24.4 Å². The Balaban J connectivity index is 0.00000220. The second kappa shape index (κ2) is 8.89. The smallest absolute Gasteiger partial charge is 0.232 e. The molecule has 1 aromatic rings. The zero-order valence-electron chi connectivity index (χ0n) is 12.1. The van der Waals surface area contributed by atoms with Crippen LogP contribution in [-0.2, 0) is 4.79 Å². The number of hydrogen-bond donors (Lipinski definition) is 1. The fraction of sp³-hybridized carbons (Fsp3) is 0.533. The SMILES string of the molecule is CC(N)C1CCCN(C(=O)CSc2ccccc2Cl)C1.Cl. The highest BCUT2D eigenvalue weighted by Gasteiger charge is 2.25. The van der Waals surface area contributed by atoms with Crippen molar-refractivity contribution in [3.63, 3.8) is 0 Å². The Labute approximate surface area is 142 Å². The number of rotatable bonds is 4. The molecule has 2 rings (SSSR count). The Bertz CT molecular complexity index is 471. The van der Waals surface area contributed by atoms with Crippen molar-refractivity contribution in [3.05, 3.63) is 29.3 Å². The largest absolute Gasteiger partial charge is 0.342 e. The van der Waals surface area contributed by atoms with Gasteiger partial charge in [-0.3, -0.25) is 4.79 Å². The molecule has 1 aliphatic heterocycles. The molecule has 0 saturated carbocycles. The predicted molar refractivity (Wildman–Crippen MR) is 92.4 cm³/mol. The lowest BCUT2D eigenvalue weighted by Crippen LogP contribution is -2.45. The van der Waals surface area contributed by atoms with Crippen LogP contribution in [0.4, 0.5) is 0 Å². The molecule has 118 valence electrons. The van der Waals surface area contributed by atoms with Crippen LogP contribution in [0, 0.1) is 5.92 Å². The third-order valence-electron chi connectivity index (χ3n) is 3.74. The topological polar surface area (TPSA) is 46.3 Å². The molecule has 1 aromatic carbocycles. The molecule has 1 heterocycles. The predicted octanol–water partition coefficient (Wildman–Crippen LogP) is 3.44. The Morgan fingerprint density at radius 1 is 1.52 bits per heavy atom. The molecular weight excluding hydrogens is 327 g/mol. The normalized spacial score (nSPS) is 19.8. The maximum Gasteiger partial charge on any atom is 0.232 e. The minimum Gasteiger partial charge on any atom is -0.342 e. The quantitative estimate of drug-likeness (QED) is 0.847. The minimum absolute atomic E-state index is 0. The zero-order chi connectivity index (χ0) is 14.5. The van der Waals surface area contributed by atoms with Crippen molar-refractivity contribution in [2.24, 2.45) is 11.7 Å². The number of nitrogens with zero attached hydrogens (tertiary/aromatic N) is 1. The average Bonchev–Trinajstić information content (AvgIpc) is 2.46. The van der Waals surface area contributed by atoms with Gasteiger partial charge in [-0.05, 0) is 37.8 Å². The van der Waals surface area contributed by atoms with Crippen LogP contribution >= 0.6 is 35.8 Å². The third-order valence-corrected chi connectivity index (χ3v) is 5.24. The maximum atomic E-state index is 12.3. The summed E-state index contributed by atoms with van der Waals surface area (Å²) in [5.41, 5.74) is 5.95. The van der Waals surface area contributed by atoms with Crippen molar-refractivity contribution in [2.75, 3.05) is 18.8 Å². The van der Waals surface area contributed by atoms with E-state index in [2.05, 4.69) is 0 Å². The van der Waals surface area contributed by atoms with Crippen molar-refractivity contribution in [2.45, 2.75) is 30.7 Å². The van der Waals surface area contributed by atoms with E-state index in [0.29, 0.717) is 16.7 Å². The van der Waals surface area contributed by atoms with Crippen LogP contribution in [0.1, 0.15) is 19.8 Å². The second-order valence-corrected chi connectivity index (χ2v) is 6.74. The Morgan fingerprint density at radius 2 is 2.24 bits per heavy atom. The van der Waals surface area contributed by atoms with E-state index in [4.69, 9.17) is 17.3 Å². The number of halogens is 2. The van der Waals surface area contributed by atoms with Gasteiger partial charge in [0, 0.05) is 24.0 Å². The maximum absolute atomic E-state index is 12.3. The number of amides is 1. The van der Waals surface area contributed by atoms with E-state index in [1.54, 1.807) is 0 Å². The molecule has 6 heteroatoms. The molecule has 0 bridgehead atoms. The van der Waals surface area contributed by atoms with E-state index in [0.717, 1.165) is 30.8 Å². The van der Waals surface area contributed by atoms with Gasteiger partial charge in [-0.1, -0.05) is 23.7 Å². The molecule has 3 nitrogen and oxygen atoms in total. The first-order valence-electron chi connectivity index (χ1n) is 6.98. The van der Waals surface area contributed by atoms with Crippen molar-refractivity contribution >= 4 is 41.7 Å². The molecular formula is C15H22Cl2N2OS. The summed E-state index contributed by atoms with van der Waals surface area (Å²) in [4.78, 5) is 15.2. The molecule has 2 atom stereocenters. The zero-order valence-corrected chi connectivity index (χ0v) is 14.5. The lowest BCUT2D eigenvalue weighted by atomic mass is 9.92. The van der Waals surface area contributed by atoms with E-state index in [9.17, 15) is 4.79 Å². The van der Waals surface area contributed by atoms with Crippen LogP contribution in [0.25, 0.3) is 0 Å². The van der Waals surface area contributed by atoms with Gasteiger partial charge < -0.3 is 10.6 Å². The van der Waals surface area contributed by atoms with Crippen molar-refractivity contribution in [3.8, 4) is 0 Å². The highest BCUT2D eigenvalue weighted by Crippen LogP contribution is 2.27.